The van der Waals surface area contributed by atoms with Crippen molar-refractivity contribution >= 4 is 23.9 Å². The highest BCUT2D eigenvalue weighted by atomic mass is 16.6. The van der Waals surface area contributed by atoms with Gasteiger partial charge in [-0.1, -0.05) is 40.2 Å². The van der Waals surface area contributed by atoms with Crippen molar-refractivity contribution in [2.24, 2.45) is 11.7 Å². The van der Waals surface area contributed by atoms with Gasteiger partial charge in [-0.25, -0.2) is 0 Å². The van der Waals surface area contributed by atoms with Crippen molar-refractivity contribution in [2.75, 3.05) is 13.7 Å². The molecule has 0 aromatic heterocycles. The standard InChI is InChI=1S/C24H35NO8/c1-6-16(4)13-22(28)31-12-11-24(25,23(29)30-5)15-17-9-10-18(32-20(26)7-2)19(14-17)33-21(27)8-3/h9-10,14,16H,6-8,11-13,15,25H2,1-5H3/t16?,24-/m1/s1. The molecule has 9 heteroatoms. The highest BCUT2D eigenvalue weighted by Gasteiger charge is 2.36. The SMILES string of the molecule is CCC(=O)Oc1ccc(C[C@](N)(CCOC(=O)CC(C)CC)C(=O)OC)cc1OC(=O)CC. The first-order chi connectivity index (χ1) is 15.6. The number of hydrogen-bond acceptors (Lipinski definition) is 9. The van der Waals surface area contributed by atoms with E-state index in [0.29, 0.717) is 5.56 Å². The molecule has 0 saturated heterocycles. The minimum atomic E-state index is -1.49. The van der Waals surface area contributed by atoms with Crippen LogP contribution in [0.3, 0.4) is 0 Å². The molecule has 184 valence electrons. The maximum absolute atomic E-state index is 12.5. The van der Waals surface area contributed by atoms with Gasteiger partial charge in [0.25, 0.3) is 0 Å². The van der Waals surface area contributed by atoms with Gasteiger partial charge in [-0.3, -0.25) is 19.2 Å². The van der Waals surface area contributed by atoms with Crippen LogP contribution in [-0.2, 0) is 35.1 Å². The molecule has 2 atom stereocenters. The molecule has 0 saturated carbocycles. The Hall–Kier alpha value is -2.94. The molecule has 0 spiro atoms. The first kappa shape index (κ1) is 28.1. The first-order valence-corrected chi connectivity index (χ1v) is 11.2. The Bertz CT molecular complexity index is 838. The summed E-state index contributed by atoms with van der Waals surface area (Å²) in [6.45, 7) is 7.16. The number of methoxy groups -OCH3 is 1. The van der Waals surface area contributed by atoms with E-state index in [0.717, 1.165) is 6.42 Å². The van der Waals surface area contributed by atoms with Gasteiger partial charge in [-0.2, -0.15) is 0 Å². The zero-order valence-corrected chi connectivity index (χ0v) is 20.1. The molecule has 33 heavy (non-hydrogen) atoms. The summed E-state index contributed by atoms with van der Waals surface area (Å²) in [5, 5.41) is 0. The molecule has 0 heterocycles. The van der Waals surface area contributed by atoms with Crippen LogP contribution in [0.2, 0.25) is 0 Å². The van der Waals surface area contributed by atoms with E-state index < -0.39 is 23.4 Å². The van der Waals surface area contributed by atoms with Crippen LogP contribution < -0.4 is 15.2 Å². The van der Waals surface area contributed by atoms with Crippen molar-refractivity contribution in [2.45, 2.75) is 71.8 Å². The topological polar surface area (TPSA) is 131 Å². The lowest BCUT2D eigenvalue weighted by atomic mass is 9.88. The molecule has 0 radical (unpaired) electrons. The van der Waals surface area contributed by atoms with Crippen LogP contribution in [-0.4, -0.2) is 43.1 Å². The molecule has 1 rings (SSSR count). The summed E-state index contributed by atoms with van der Waals surface area (Å²) in [4.78, 5) is 47.9. The fourth-order valence-corrected chi connectivity index (χ4v) is 2.88. The summed E-state index contributed by atoms with van der Waals surface area (Å²) in [6, 6.07) is 4.58. The van der Waals surface area contributed by atoms with Crippen molar-refractivity contribution in [1.29, 1.82) is 0 Å². The van der Waals surface area contributed by atoms with E-state index in [1.165, 1.54) is 19.2 Å². The van der Waals surface area contributed by atoms with Gasteiger partial charge >= 0.3 is 23.9 Å². The van der Waals surface area contributed by atoms with Crippen LogP contribution in [0, 0.1) is 5.92 Å². The summed E-state index contributed by atoms with van der Waals surface area (Å²) in [7, 11) is 1.22. The molecule has 2 N–H and O–H groups in total. The molecular weight excluding hydrogens is 430 g/mol. The Morgan fingerprint density at radius 2 is 1.58 bits per heavy atom. The fourth-order valence-electron chi connectivity index (χ4n) is 2.88. The van der Waals surface area contributed by atoms with Crippen LogP contribution in [0.4, 0.5) is 0 Å². The second kappa shape index (κ2) is 13.6. The molecule has 0 aliphatic carbocycles. The average Bonchev–Trinajstić information content (AvgIpc) is 2.79. The zero-order valence-electron chi connectivity index (χ0n) is 20.1. The van der Waals surface area contributed by atoms with Crippen molar-refractivity contribution in [1.82, 2.24) is 0 Å². The zero-order chi connectivity index (χ0) is 25.0. The van der Waals surface area contributed by atoms with Gasteiger partial charge in [-0.05, 0) is 23.6 Å². The number of carbonyl (C=O) groups is 4. The number of hydrogen-bond donors (Lipinski definition) is 1. The van der Waals surface area contributed by atoms with Gasteiger partial charge in [0.05, 0.1) is 13.7 Å². The number of rotatable bonds is 13. The molecular formula is C24H35NO8. The predicted molar refractivity (Wildman–Crippen MR) is 121 cm³/mol. The Morgan fingerprint density at radius 3 is 2.12 bits per heavy atom. The van der Waals surface area contributed by atoms with Crippen LogP contribution in [0.25, 0.3) is 0 Å². The molecule has 0 aliphatic rings. The van der Waals surface area contributed by atoms with E-state index >= 15 is 0 Å². The van der Waals surface area contributed by atoms with Gasteiger partial charge in [0, 0.05) is 32.1 Å². The Morgan fingerprint density at radius 1 is 0.970 bits per heavy atom. The Balaban J connectivity index is 3.05. The Kier molecular flexibility index (Phi) is 11.6. The van der Waals surface area contributed by atoms with Crippen LogP contribution in [0.15, 0.2) is 18.2 Å². The maximum atomic E-state index is 12.5. The molecule has 0 bridgehead atoms. The van der Waals surface area contributed by atoms with Crippen molar-refractivity contribution < 1.29 is 38.1 Å². The van der Waals surface area contributed by atoms with Gasteiger partial charge < -0.3 is 24.7 Å². The van der Waals surface area contributed by atoms with E-state index in [-0.39, 0.29) is 62.1 Å². The van der Waals surface area contributed by atoms with E-state index in [4.69, 9.17) is 24.7 Å². The predicted octanol–water partition coefficient (Wildman–Crippen LogP) is 3.10. The third-order valence-corrected chi connectivity index (χ3v) is 5.17. The van der Waals surface area contributed by atoms with Crippen LogP contribution in [0.1, 0.15) is 65.4 Å². The second-order valence-electron chi connectivity index (χ2n) is 7.95. The number of benzene rings is 1. The number of ether oxygens (including phenoxy) is 4. The van der Waals surface area contributed by atoms with E-state index in [2.05, 4.69) is 0 Å². The average molecular weight is 466 g/mol. The van der Waals surface area contributed by atoms with Gasteiger partial charge in [-0.15, -0.1) is 0 Å². The minimum absolute atomic E-state index is 0.0151. The lowest BCUT2D eigenvalue weighted by molar-refractivity contribution is -0.151. The van der Waals surface area contributed by atoms with Crippen LogP contribution in [0.5, 0.6) is 11.5 Å². The highest BCUT2D eigenvalue weighted by molar-refractivity contribution is 5.81. The van der Waals surface area contributed by atoms with Crippen molar-refractivity contribution in [3.05, 3.63) is 23.8 Å². The molecule has 1 aromatic carbocycles. The normalized spacial score (nSPS) is 13.4. The molecule has 1 unspecified atom stereocenters. The molecule has 0 amide bonds. The lowest BCUT2D eigenvalue weighted by Gasteiger charge is -2.27. The Labute approximate surface area is 194 Å². The smallest absolute Gasteiger partial charge is 0.326 e. The summed E-state index contributed by atoms with van der Waals surface area (Å²) in [6.07, 6.45) is 1.45. The van der Waals surface area contributed by atoms with E-state index in [1.807, 2.05) is 13.8 Å². The van der Waals surface area contributed by atoms with Crippen molar-refractivity contribution in [3.8, 4) is 11.5 Å². The quantitative estimate of drug-likeness (QED) is 0.345. The van der Waals surface area contributed by atoms with Gasteiger partial charge in [0.2, 0.25) is 0 Å². The number of nitrogens with two attached hydrogens (primary N) is 1. The second-order valence-corrected chi connectivity index (χ2v) is 7.95. The third kappa shape index (κ3) is 9.21. The summed E-state index contributed by atoms with van der Waals surface area (Å²) in [5.74, 6) is -1.69. The lowest BCUT2D eigenvalue weighted by Crippen LogP contribution is -2.51. The summed E-state index contributed by atoms with van der Waals surface area (Å²) >= 11 is 0. The molecule has 0 aliphatic heterocycles. The van der Waals surface area contributed by atoms with E-state index in [1.54, 1.807) is 19.9 Å². The monoisotopic (exact) mass is 465 g/mol. The van der Waals surface area contributed by atoms with Crippen LogP contribution >= 0.6 is 0 Å². The van der Waals surface area contributed by atoms with E-state index in [9.17, 15) is 19.2 Å². The molecule has 0 fully saturated rings. The third-order valence-electron chi connectivity index (χ3n) is 5.17. The van der Waals surface area contributed by atoms with Gasteiger partial charge in [0.1, 0.15) is 5.54 Å². The van der Waals surface area contributed by atoms with Crippen molar-refractivity contribution in [3.63, 3.8) is 0 Å². The first-order valence-electron chi connectivity index (χ1n) is 11.2. The minimum Gasteiger partial charge on any atom is -0.468 e. The molecule has 1 aromatic rings. The summed E-state index contributed by atoms with van der Waals surface area (Å²) in [5.41, 5.74) is 5.41. The number of carbonyl (C=O) groups excluding carboxylic acids is 4. The van der Waals surface area contributed by atoms with Gasteiger partial charge in [0.15, 0.2) is 11.5 Å². The number of esters is 4. The molecule has 9 nitrogen and oxygen atoms in total. The highest BCUT2D eigenvalue weighted by Crippen LogP contribution is 2.31. The summed E-state index contributed by atoms with van der Waals surface area (Å²) < 4.78 is 20.7. The largest absolute Gasteiger partial charge is 0.468 e. The maximum Gasteiger partial charge on any atom is 0.326 e. The fraction of sp³-hybridized carbons (Fsp3) is 0.583.